The molecule has 1 aliphatic heterocycles. The van der Waals surface area contributed by atoms with Gasteiger partial charge in [-0.25, -0.2) is 0 Å². The summed E-state index contributed by atoms with van der Waals surface area (Å²) in [6.07, 6.45) is 5.43. The third kappa shape index (κ3) is 1.98. The van der Waals surface area contributed by atoms with E-state index in [1.807, 2.05) is 18.2 Å². The van der Waals surface area contributed by atoms with Gasteiger partial charge in [0.05, 0.1) is 7.11 Å². The molecule has 0 N–H and O–H groups in total. The van der Waals surface area contributed by atoms with Crippen LogP contribution in [0.3, 0.4) is 0 Å². The van der Waals surface area contributed by atoms with E-state index < -0.39 is 0 Å². The Morgan fingerprint density at radius 1 is 1.32 bits per heavy atom. The van der Waals surface area contributed by atoms with Crippen LogP contribution in [0.4, 0.5) is 0 Å². The van der Waals surface area contributed by atoms with Gasteiger partial charge in [-0.05, 0) is 18.9 Å². The number of methoxy groups -OCH3 is 1. The summed E-state index contributed by atoms with van der Waals surface area (Å²) >= 11 is 0. The second-order valence-electron chi connectivity index (χ2n) is 5.35. The number of carbonyl (C=O) groups is 1. The molecular formula is C16H19NO2. The molecule has 2 aliphatic rings. The average Bonchev–Trinajstić information content (AvgIpc) is 3.07. The summed E-state index contributed by atoms with van der Waals surface area (Å²) in [4.78, 5) is 14.3. The molecule has 0 amide bonds. The van der Waals surface area contributed by atoms with Gasteiger partial charge in [0.25, 0.3) is 0 Å². The molecule has 1 saturated heterocycles. The Kier molecular flexibility index (Phi) is 3.15. The van der Waals surface area contributed by atoms with Crippen molar-refractivity contribution in [3.8, 4) is 0 Å². The molecule has 2 bridgehead atoms. The van der Waals surface area contributed by atoms with Gasteiger partial charge in [0.15, 0.2) is 0 Å². The van der Waals surface area contributed by atoms with Gasteiger partial charge >= 0.3 is 5.97 Å². The first-order chi connectivity index (χ1) is 9.22. The van der Waals surface area contributed by atoms with E-state index in [0.29, 0.717) is 12.0 Å². The minimum absolute atomic E-state index is 0.111. The van der Waals surface area contributed by atoms with Crippen molar-refractivity contribution in [2.45, 2.75) is 31.5 Å². The van der Waals surface area contributed by atoms with E-state index in [1.54, 1.807) is 0 Å². The van der Waals surface area contributed by atoms with Crippen LogP contribution in [0, 0.1) is 5.92 Å². The number of fused-ring (bicyclic) bond motifs is 2. The van der Waals surface area contributed by atoms with Gasteiger partial charge in [-0.2, -0.15) is 0 Å². The SMILES string of the molecule is COC(=O)C1C2C=CC(C2)N1[C@H](C)c1ccccc1. The molecule has 0 radical (unpaired) electrons. The van der Waals surface area contributed by atoms with Crippen LogP contribution in [-0.4, -0.2) is 30.1 Å². The Bertz CT molecular complexity index is 497. The van der Waals surface area contributed by atoms with Crippen molar-refractivity contribution in [3.05, 3.63) is 48.0 Å². The Hall–Kier alpha value is -1.61. The summed E-state index contributed by atoms with van der Waals surface area (Å²) in [5.74, 6) is 0.197. The lowest BCUT2D eigenvalue weighted by Gasteiger charge is -2.35. The zero-order valence-electron chi connectivity index (χ0n) is 11.3. The molecule has 4 atom stereocenters. The molecule has 1 aromatic carbocycles. The second kappa shape index (κ2) is 4.82. The smallest absolute Gasteiger partial charge is 0.323 e. The number of benzene rings is 1. The minimum atomic E-state index is -0.129. The molecule has 1 aliphatic carbocycles. The first-order valence-electron chi connectivity index (χ1n) is 6.81. The molecule has 0 aromatic heterocycles. The summed E-state index contributed by atoms with van der Waals surface area (Å²) in [6.45, 7) is 2.17. The summed E-state index contributed by atoms with van der Waals surface area (Å²) < 4.78 is 4.99. The Labute approximate surface area is 113 Å². The quantitative estimate of drug-likeness (QED) is 0.615. The van der Waals surface area contributed by atoms with Gasteiger partial charge in [-0.3, -0.25) is 9.69 Å². The first-order valence-corrected chi connectivity index (χ1v) is 6.81. The number of carbonyl (C=O) groups excluding carboxylic acids is 1. The zero-order chi connectivity index (χ0) is 13.4. The molecule has 0 saturated carbocycles. The molecule has 100 valence electrons. The standard InChI is InChI=1S/C16H19NO2/c1-11(12-6-4-3-5-7-12)17-14-9-8-13(10-14)15(17)16(18)19-2/h3-9,11,13-15H,10H2,1-2H3/t11-,13?,14?,15?/m1/s1. The maximum atomic E-state index is 12.1. The number of ether oxygens (including phenoxy) is 1. The van der Waals surface area contributed by atoms with Gasteiger partial charge in [0.1, 0.15) is 6.04 Å². The van der Waals surface area contributed by atoms with Crippen molar-refractivity contribution in [3.63, 3.8) is 0 Å². The van der Waals surface area contributed by atoms with Crippen LogP contribution in [0.2, 0.25) is 0 Å². The highest BCUT2D eigenvalue weighted by Crippen LogP contribution is 2.42. The van der Waals surface area contributed by atoms with Crippen LogP contribution in [0.1, 0.15) is 24.9 Å². The van der Waals surface area contributed by atoms with E-state index in [1.165, 1.54) is 12.7 Å². The highest BCUT2D eigenvalue weighted by molar-refractivity contribution is 5.77. The molecule has 19 heavy (non-hydrogen) atoms. The lowest BCUT2D eigenvalue weighted by Crippen LogP contribution is -2.45. The largest absolute Gasteiger partial charge is 0.468 e. The zero-order valence-corrected chi connectivity index (χ0v) is 11.3. The van der Waals surface area contributed by atoms with Crippen molar-refractivity contribution in [1.82, 2.24) is 4.90 Å². The predicted octanol–water partition coefficient (Wildman–Crippen LogP) is 2.55. The summed E-state index contributed by atoms with van der Waals surface area (Å²) in [5.41, 5.74) is 1.25. The van der Waals surface area contributed by atoms with Crippen LogP contribution in [0.15, 0.2) is 42.5 Å². The highest BCUT2D eigenvalue weighted by atomic mass is 16.5. The lowest BCUT2D eigenvalue weighted by atomic mass is 9.99. The second-order valence-corrected chi connectivity index (χ2v) is 5.35. The average molecular weight is 257 g/mol. The maximum Gasteiger partial charge on any atom is 0.323 e. The maximum absolute atomic E-state index is 12.1. The highest BCUT2D eigenvalue weighted by Gasteiger charge is 2.48. The molecule has 0 spiro atoms. The number of rotatable bonds is 3. The van der Waals surface area contributed by atoms with Crippen LogP contribution in [0.25, 0.3) is 0 Å². The molecule has 1 fully saturated rings. The molecule has 1 heterocycles. The molecule has 3 heteroatoms. The van der Waals surface area contributed by atoms with E-state index in [4.69, 9.17) is 4.74 Å². The molecule has 3 unspecified atom stereocenters. The predicted molar refractivity (Wildman–Crippen MR) is 73.5 cm³/mol. The van der Waals surface area contributed by atoms with Crippen molar-refractivity contribution in [1.29, 1.82) is 0 Å². The van der Waals surface area contributed by atoms with E-state index in [9.17, 15) is 4.79 Å². The van der Waals surface area contributed by atoms with Gasteiger partial charge in [0.2, 0.25) is 0 Å². The Morgan fingerprint density at radius 3 is 2.74 bits per heavy atom. The van der Waals surface area contributed by atoms with Gasteiger partial charge in [0, 0.05) is 18.0 Å². The van der Waals surface area contributed by atoms with E-state index in [2.05, 4.69) is 36.1 Å². The third-order valence-electron chi connectivity index (χ3n) is 4.38. The molecule has 1 aromatic rings. The van der Waals surface area contributed by atoms with Gasteiger partial charge in [-0.15, -0.1) is 0 Å². The lowest BCUT2D eigenvalue weighted by molar-refractivity contribution is -0.148. The van der Waals surface area contributed by atoms with Crippen LogP contribution in [0.5, 0.6) is 0 Å². The van der Waals surface area contributed by atoms with E-state index in [0.717, 1.165) is 6.42 Å². The van der Waals surface area contributed by atoms with E-state index >= 15 is 0 Å². The topological polar surface area (TPSA) is 29.5 Å². The van der Waals surface area contributed by atoms with Crippen molar-refractivity contribution in [2.24, 2.45) is 5.92 Å². The number of esters is 1. The van der Waals surface area contributed by atoms with Crippen LogP contribution < -0.4 is 0 Å². The molecule has 3 rings (SSSR count). The van der Waals surface area contributed by atoms with Crippen LogP contribution in [-0.2, 0) is 9.53 Å². The normalized spacial score (nSPS) is 30.5. The first kappa shape index (κ1) is 12.4. The molecule has 3 nitrogen and oxygen atoms in total. The number of likely N-dealkylation sites (tertiary alicyclic amines) is 1. The van der Waals surface area contributed by atoms with Gasteiger partial charge in [-0.1, -0.05) is 42.5 Å². The summed E-state index contributed by atoms with van der Waals surface area (Å²) in [7, 11) is 1.48. The van der Waals surface area contributed by atoms with E-state index in [-0.39, 0.29) is 18.1 Å². The fourth-order valence-electron chi connectivity index (χ4n) is 3.44. The van der Waals surface area contributed by atoms with Crippen molar-refractivity contribution >= 4 is 5.97 Å². The third-order valence-corrected chi connectivity index (χ3v) is 4.38. The fourth-order valence-corrected chi connectivity index (χ4v) is 3.44. The summed E-state index contributed by atoms with van der Waals surface area (Å²) in [5, 5.41) is 0. The number of hydrogen-bond donors (Lipinski definition) is 0. The monoisotopic (exact) mass is 257 g/mol. The number of nitrogens with zero attached hydrogens (tertiary/aromatic N) is 1. The van der Waals surface area contributed by atoms with Crippen LogP contribution >= 0.6 is 0 Å². The minimum Gasteiger partial charge on any atom is -0.468 e. The Morgan fingerprint density at radius 2 is 2.05 bits per heavy atom. The van der Waals surface area contributed by atoms with Crippen molar-refractivity contribution in [2.75, 3.05) is 7.11 Å². The summed E-state index contributed by atoms with van der Waals surface area (Å²) in [6, 6.07) is 10.8. The molecular weight excluding hydrogens is 238 g/mol. The fraction of sp³-hybridized carbons (Fsp3) is 0.438. The van der Waals surface area contributed by atoms with Crippen molar-refractivity contribution < 1.29 is 9.53 Å². The Balaban J connectivity index is 1.90. The van der Waals surface area contributed by atoms with Gasteiger partial charge < -0.3 is 4.74 Å². The number of hydrogen-bond acceptors (Lipinski definition) is 3.